The molecule has 8 nitrogen and oxygen atoms in total. The molecule has 1 unspecified atom stereocenters. The number of amides is 2. The molecule has 1 atom stereocenters. The number of rotatable bonds is 12. The van der Waals surface area contributed by atoms with Crippen LogP contribution in [0.25, 0.3) is 11.1 Å². The van der Waals surface area contributed by atoms with Crippen LogP contribution in [-0.2, 0) is 19.0 Å². The summed E-state index contributed by atoms with van der Waals surface area (Å²) in [7, 11) is 0. The third-order valence-corrected chi connectivity index (χ3v) is 6.64. The number of esters is 1. The first-order valence-electron chi connectivity index (χ1n) is 16.2. The number of ether oxygens (including phenoxy) is 3. The van der Waals surface area contributed by atoms with Crippen molar-refractivity contribution in [1.82, 2.24) is 10.6 Å². The Morgan fingerprint density at radius 3 is 1.96 bits per heavy atom. The minimum Gasteiger partial charge on any atom is -0.459 e. The minimum absolute atomic E-state index is 0.0874. The average molecular weight is 623 g/mol. The van der Waals surface area contributed by atoms with E-state index in [9.17, 15) is 14.4 Å². The summed E-state index contributed by atoms with van der Waals surface area (Å²) in [6.45, 7) is 17.8. The van der Waals surface area contributed by atoms with E-state index in [0.29, 0.717) is 25.8 Å². The van der Waals surface area contributed by atoms with Gasteiger partial charge in [-0.15, -0.1) is 0 Å². The van der Waals surface area contributed by atoms with Crippen LogP contribution in [0.4, 0.5) is 9.59 Å². The molecule has 2 aromatic carbocycles. The summed E-state index contributed by atoms with van der Waals surface area (Å²) in [6, 6.07) is 15.3. The van der Waals surface area contributed by atoms with Crippen molar-refractivity contribution in [2.75, 3.05) is 19.8 Å². The molecule has 0 fully saturated rings. The number of hydrogen-bond donors (Lipinski definition) is 2. The highest BCUT2D eigenvalue weighted by molar-refractivity contribution is 5.82. The van der Waals surface area contributed by atoms with Crippen molar-refractivity contribution in [3.8, 4) is 11.1 Å². The summed E-state index contributed by atoms with van der Waals surface area (Å²) in [5.41, 5.74) is 4.77. The highest BCUT2D eigenvalue weighted by Crippen LogP contribution is 2.44. The van der Waals surface area contributed by atoms with Crippen LogP contribution in [0.2, 0.25) is 0 Å². The maximum atomic E-state index is 13.0. The smallest absolute Gasteiger partial charge is 0.407 e. The zero-order chi connectivity index (χ0) is 33.8. The zero-order valence-electron chi connectivity index (χ0n) is 28.7. The quantitative estimate of drug-likeness (QED) is 0.106. The molecule has 0 bridgehead atoms. The molecule has 0 saturated heterocycles. The van der Waals surface area contributed by atoms with Gasteiger partial charge in [0.25, 0.3) is 0 Å². The summed E-state index contributed by atoms with van der Waals surface area (Å²) >= 11 is 0. The van der Waals surface area contributed by atoms with Gasteiger partial charge in [0.2, 0.25) is 0 Å². The summed E-state index contributed by atoms with van der Waals surface area (Å²) < 4.78 is 16.4. The monoisotopic (exact) mass is 622 g/mol. The van der Waals surface area contributed by atoms with Gasteiger partial charge < -0.3 is 24.8 Å². The third kappa shape index (κ3) is 13.2. The van der Waals surface area contributed by atoms with Crippen molar-refractivity contribution in [3.63, 3.8) is 0 Å². The van der Waals surface area contributed by atoms with Crippen LogP contribution in [0, 0.1) is 0 Å². The lowest BCUT2D eigenvalue weighted by Gasteiger charge is -2.20. The fourth-order valence-corrected chi connectivity index (χ4v) is 4.71. The lowest BCUT2D eigenvalue weighted by Crippen LogP contribution is -2.42. The van der Waals surface area contributed by atoms with E-state index in [1.165, 1.54) is 0 Å². The fourth-order valence-electron chi connectivity index (χ4n) is 4.71. The largest absolute Gasteiger partial charge is 0.459 e. The number of benzene rings is 2. The molecule has 0 aliphatic heterocycles. The second-order valence-electron chi connectivity index (χ2n) is 10.9. The van der Waals surface area contributed by atoms with E-state index in [0.717, 1.165) is 27.8 Å². The number of hydrogen-bond acceptors (Lipinski definition) is 6. The van der Waals surface area contributed by atoms with Crippen molar-refractivity contribution < 1.29 is 28.6 Å². The second-order valence-corrected chi connectivity index (χ2v) is 10.9. The van der Waals surface area contributed by atoms with Gasteiger partial charge in [-0.2, -0.15) is 0 Å². The summed E-state index contributed by atoms with van der Waals surface area (Å²) in [5, 5.41) is 5.42. The van der Waals surface area contributed by atoms with Gasteiger partial charge in [-0.25, -0.2) is 14.4 Å². The van der Waals surface area contributed by atoms with Gasteiger partial charge in [-0.3, -0.25) is 0 Å². The van der Waals surface area contributed by atoms with Gasteiger partial charge in [0.1, 0.15) is 24.9 Å². The van der Waals surface area contributed by atoms with Crippen LogP contribution in [0.3, 0.4) is 0 Å². The van der Waals surface area contributed by atoms with Crippen molar-refractivity contribution in [2.24, 2.45) is 0 Å². The molecule has 0 saturated carbocycles. The molecule has 0 spiro atoms. The Bertz CT molecular complexity index is 1220. The van der Waals surface area contributed by atoms with E-state index in [2.05, 4.69) is 34.9 Å². The van der Waals surface area contributed by atoms with Crippen LogP contribution in [0.5, 0.6) is 0 Å². The van der Waals surface area contributed by atoms with Crippen molar-refractivity contribution in [1.29, 1.82) is 0 Å². The van der Waals surface area contributed by atoms with Gasteiger partial charge in [0.05, 0.1) is 0 Å². The van der Waals surface area contributed by atoms with Crippen LogP contribution >= 0.6 is 0 Å². The number of carbonyl (C=O) groups excluding carboxylic acids is 3. The van der Waals surface area contributed by atoms with Crippen molar-refractivity contribution in [2.45, 2.75) is 99.1 Å². The fraction of sp³-hybridized carbons (Fsp3) is 0.486. The first-order valence-corrected chi connectivity index (χ1v) is 16.2. The van der Waals surface area contributed by atoms with Crippen molar-refractivity contribution in [3.05, 3.63) is 83.5 Å². The Morgan fingerprint density at radius 1 is 0.844 bits per heavy atom. The molecule has 0 heterocycles. The molecule has 8 heteroatoms. The molecule has 0 aromatic heterocycles. The standard InChI is InChI=1S/C33H42N2O6.2C2H6/c1-6-14-23(7-2)21-39-30(36)29(19-12-13-20-34-31(37)41-33(3,4)5)35-32(38)40-22-28-26-17-10-8-15-24(26)25-16-9-11-18-27(25)28;2*1-2/h6-11,14-18,28-29H,12-13,19-22H2,1-5H3,(H,34,37)(H,35,38);2*1-2H3/b14-6-,23-7+;;. The molecule has 45 heavy (non-hydrogen) atoms. The molecule has 248 valence electrons. The third-order valence-electron chi connectivity index (χ3n) is 6.64. The number of allylic oxidation sites excluding steroid dienone is 2. The number of alkyl carbamates (subject to hydrolysis) is 2. The Balaban J connectivity index is 0.00000243. The summed E-state index contributed by atoms with van der Waals surface area (Å²) in [5.74, 6) is -0.627. The van der Waals surface area contributed by atoms with E-state index in [1.807, 2.05) is 84.0 Å². The number of unbranched alkanes of at least 4 members (excludes halogenated alkanes) is 1. The van der Waals surface area contributed by atoms with Crippen molar-refractivity contribution >= 4 is 18.2 Å². The summed E-state index contributed by atoms with van der Waals surface area (Å²) in [6.07, 6.45) is 5.90. The lowest BCUT2D eigenvalue weighted by atomic mass is 9.98. The molecule has 2 aromatic rings. The topological polar surface area (TPSA) is 103 Å². The number of fused-ring (bicyclic) bond motifs is 3. The Morgan fingerprint density at radius 2 is 1.42 bits per heavy atom. The Labute approximate surface area is 270 Å². The molecular weight excluding hydrogens is 568 g/mol. The number of carbonyl (C=O) groups is 3. The molecule has 1 aliphatic carbocycles. The highest BCUT2D eigenvalue weighted by atomic mass is 16.6. The van der Waals surface area contributed by atoms with Gasteiger partial charge in [-0.1, -0.05) is 94.5 Å². The molecule has 2 amide bonds. The molecule has 2 N–H and O–H groups in total. The predicted octanol–water partition coefficient (Wildman–Crippen LogP) is 8.71. The Kier molecular flexibility index (Phi) is 18.0. The van der Waals surface area contributed by atoms with Gasteiger partial charge in [0, 0.05) is 12.5 Å². The van der Waals surface area contributed by atoms with E-state index < -0.39 is 29.8 Å². The molecule has 3 rings (SSSR count). The zero-order valence-corrected chi connectivity index (χ0v) is 28.7. The van der Waals surface area contributed by atoms with E-state index >= 15 is 0 Å². The SMILES string of the molecule is C/C=C\C(=C/C)COC(=O)C(CCCCNC(=O)OC(C)(C)C)NC(=O)OCC1c2ccccc2-c2ccccc21.CC.CC. The van der Waals surface area contributed by atoms with Crippen LogP contribution in [0.15, 0.2) is 72.3 Å². The maximum absolute atomic E-state index is 13.0. The van der Waals surface area contributed by atoms with E-state index in [1.54, 1.807) is 20.8 Å². The maximum Gasteiger partial charge on any atom is 0.407 e. The lowest BCUT2D eigenvalue weighted by molar-refractivity contribution is -0.145. The molecular formula is C37H54N2O6. The first kappa shape index (κ1) is 39.0. The van der Waals surface area contributed by atoms with Gasteiger partial charge >= 0.3 is 18.2 Å². The average Bonchev–Trinajstić information content (AvgIpc) is 3.35. The van der Waals surface area contributed by atoms with Gasteiger partial charge in [0.15, 0.2) is 0 Å². The Hall–Kier alpha value is -4.07. The van der Waals surface area contributed by atoms with Crippen LogP contribution < -0.4 is 10.6 Å². The number of nitrogens with one attached hydrogen (secondary N) is 2. The second kappa shape index (κ2) is 20.8. The minimum atomic E-state index is -0.893. The molecule has 1 aliphatic rings. The van der Waals surface area contributed by atoms with Gasteiger partial charge in [-0.05, 0) is 81.7 Å². The predicted molar refractivity (Wildman–Crippen MR) is 182 cm³/mol. The van der Waals surface area contributed by atoms with Crippen LogP contribution in [-0.4, -0.2) is 49.6 Å². The van der Waals surface area contributed by atoms with E-state index in [-0.39, 0.29) is 19.1 Å². The van der Waals surface area contributed by atoms with Crippen LogP contribution in [0.1, 0.15) is 98.6 Å². The normalized spacial score (nSPS) is 12.8. The van der Waals surface area contributed by atoms with E-state index in [4.69, 9.17) is 14.2 Å². The first-order chi connectivity index (χ1) is 21.6. The highest BCUT2D eigenvalue weighted by Gasteiger charge is 2.30. The molecule has 0 radical (unpaired) electrons. The summed E-state index contributed by atoms with van der Waals surface area (Å²) in [4.78, 5) is 37.8.